The molecule has 2 aromatic carbocycles. The highest BCUT2D eigenvalue weighted by molar-refractivity contribution is 7.89. The van der Waals surface area contributed by atoms with Gasteiger partial charge < -0.3 is 14.4 Å². The van der Waals surface area contributed by atoms with Gasteiger partial charge in [-0.3, -0.25) is 4.79 Å². The van der Waals surface area contributed by atoms with Crippen LogP contribution in [0.3, 0.4) is 0 Å². The van der Waals surface area contributed by atoms with Gasteiger partial charge >= 0.3 is 0 Å². The number of sulfonamides is 1. The van der Waals surface area contributed by atoms with Crippen molar-refractivity contribution in [2.24, 2.45) is 0 Å². The summed E-state index contributed by atoms with van der Waals surface area (Å²) in [5, 5.41) is 0. The Bertz CT molecular complexity index is 981. The predicted octanol–water partition coefficient (Wildman–Crippen LogP) is 2.77. The lowest BCUT2D eigenvalue weighted by Gasteiger charge is -2.27. The van der Waals surface area contributed by atoms with E-state index in [4.69, 9.17) is 9.47 Å². The van der Waals surface area contributed by atoms with Crippen LogP contribution in [0.5, 0.6) is 5.75 Å². The Morgan fingerprint density at radius 2 is 1.80 bits per heavy atom. The number of methoxy groups -OCH3 is 1. The minimum absolute atomic E-state index is 0.0266. The maximum absolute atomic E-state index is 12.9. The molecule has 0 radical (unpaired) electrons. The fraction of sp³-hybridized carbons (Fsp3) is 0.409. The van der Waals surface area contributed by atoms with Crippen LogP contribution in [-0.4, -0.2) is 52.6 Å². The highest BCUT2D eigenvalue weighted by Gasteiger charge is 2.24. The van der Waals surface area contributed by atoms with Gasteiger partial charge in [-0.25, -0.2) is 13.1 Å². The monoisotopic (exact) mass is 432 g/mol. The highest BCUT2D eigenvalue weighted by atomic mass is 32.2. The fourth-order valence-corrected chi connectivity index (χ4v) is 4.28. The minimum atomic E-state index is -3.80. The van der Waals surface area contributed by atoms with Crippen LogP contribution < -0.4 is 9.46 Å². The second-order valence-electron chi connectivity index (χ2n) is 7.49. The van der Waals surface area contributed by atoms with E-state index in [1.54, 1.807) is 4.90 Å². The van der Waals surface area contributed by atoms with Gasteiger partial charge in [-0.05, 0) is 35.2 Å². The third kappa shape index (κ3) is 5.19. The van der Waals surface area contributed by atoms with Gasteiger partial charge in [0.05, 0.1) is 30.8 Å². The molecule has 0 saturated carbocycles. The molecular formula is C22H28N2O5S. The molecule has 0 unspecified atom stereocenters. The molecular weight excluding hydrogens is 404 g/mol. The lowest BCUT2D eigenvalue weighted by molar-refractivity contribution is 0.0300. The number of hydrogen-bond acceptors (Lipinski definition) is 5. The van der Waals surface area contributed by atoms with E-state index in [1.165, 1.54) is 30.9 Å². The Morgan fingerprint density at radius 1 is 1.13 bits per heavy atom. The van der Waals surface area contributed by atoms with Gasteiger partial charge in [0.25, 0.3) is 5.91 Å². The molecule has 0 spiro atoms. The number of nitrogens with one attached hydrogen (secondary N) is 1. The summed E-state index contributed by atoms with van der Waals surface area (Å²) in [6, 6.07) is 12.2. The maximum Gasteiger partial charge on any atom is 0.257 e. The van der Waals surface area contributed by atoms with Gasteiger partial charge in [-0.15, -0.1) is 0 Å². The Kier molecular flexibility index (Phi) is 7.12. The summed E-state index contributed by atoms with van der Waals surface area (Å²) in [6.45, 7) is 6.23. The van der Waals surface area contributed by atoms with Crippen molar-refractivity contribution in [3.63, 3.8) is 0 Å². The highest BCUT2D eigenvalue weighted by Crippen LogP contribution is 2.25. The molecule has 2 aromatic rings. The van der Waals surface area contributed by atoms with Crippen molar-refractivity contribution in [1.29, 1.82) is 0 Å². The van der Waals surface area contributed by atoms with Crippen LogP contribution in [0.15, 0.2) is 47.4 Å². The molecule has 1 fully saturated rings. The van der Waals surface area contributed by atoms with E-state index in [-0.39, 0.29) is 22.9 Å². The number of nitrogens with zero attached hydrogens (tertiary/aromatic N) is 1. The number of carbonyl (C=O) groups excluding carboxylic acids is 1. The predicted molar refractivity (Wildman–Crippen MR) is 114 cm³/mol. The molecule has 7 nitrogen and oxygen atoms in total. The van der Waals surface area contributed by atoms with Crippen LogP contribution in [0.2, 0.25) is 0 Å². The smallest absolute Gasteiger partial charge is 0.257 e. The first-order valence-corrected chi connectivity index (χ1v) is 11.4. The summed E-state index contributed by atoms with van der Waals surface area (Å²) in [4.78, 5) is 14.6. The molecule has 1 N–H and O–H groups in total. The molecule has 1 saturated heterocycles. The van der Waals surface area contributed by atoms with E-state index in [0.717, 1.165) is 5.56 Å². The van der Waals surface area contributed by atoms with Crippen LogP contribution in [0, 0.1) is 0 Å². The van der Waals surface area contributed by atoms with Crippen molar-refractivity contribution in [2.75, 3.05) is 33.4 Å². The van der Waals surface area contributed by atoms with Crippen LogP contribution in [0.25, 0.3) is 0 Å². The lowest BCUT2D eigenvalue weighted by atomic mass is 10.0. The van der Waals surface area contributed by atoms with Crippen molar-refractivity contribution < 1.29 is 22.7 Å². The Balaban J connectivity index is 1.78. The standard InChI is InChI=1S/C22H28N2O5S/c1-16(2)18-6-4-17(5-7-18)15-23-30(26,27)19-8-9-21(28-3)20(14-19)22(25)24-10-12-29-13-11-24/h4-9,14,16,23H,10-13,15H2,1-3H3. The number of morpholine rings is 1. The van der Waals surface area contributed by atoms with E-state index in [9.17, 15) is 13.2 Å². The van der Waals surface area contributed by atoms with E-state index in [2.05, 4.69) is 18.6 Å². The molecule has 162 valence electrons. The summed E-state index contributed by atoms with van der Waals surface area (Å²) >= 11 is 0. The molecule has 1 heterocycles. The first-order valence-electron chi connectivity index (χ1n) is 9.95. The molecule has 1 aliphatic rings. The molecule has 3 rings (SSSR count). The largest absolute Gasteiger partial charge is 0.496 e. The molecule has 30 heavy (non-hydrogen) atoms. The normalized spacial score (nSPS) is 14.7. The second kappa shape index (κ2) is 9.59. The Labute approximate surface area is 178 Å². The summed E-state index contributed by atoms with van der Waals surface area (Å²) in [6.07, 6.45) is 0. The van der Waals surface area contributed by atoms with Gasteiger partial charge in [0.2, 0.25) is 10.0 Å². The van der Waals surface area contributed by atoms with Gasteiger partial charge in [0, 0.05) is 19.6 Å². The number of rotatable bonds is 7. The topological polar surface area (TPSA) is 84.9 Å². The van der Waals surface area contributed by atoms with Crippen molar-refractivity contribution >= 4 is 15.9 Å². The lowest BCUT2D eigenvalue weighted by Crippen LogP contribution is -2.40. The quantitative estimate of drug-likeness (QED) is 0.727. The minimum Gasteiger partial charge on any atom is -0.496 e. The Hall–Kier alpha value is -2.42. The van der Waals surface area contributed by atoms with E-state index < -0.39 is 10.0 Å². The molecule has 1 aliphatic heterocycles. The molecule has 0 aliphatic carbocycles. The van der Waals surface area contributed by atoms with E-state index >= 15 is 0 Å². The Morgan fingerprint density at radius 3 is 2.40 bits per heavy atom. The summed E-state index contributed by atoms with van der Waals surface area (Å²) in [5.41, 5.74) is 2.28. The number of ether oxygens (including phenoxy) is 2. The van der Waals surface area contributed by atoms with Gasteiger partial charge in [0.1, 0.15) is 5.75 Å². The number of amides is 1. The summed E-state index contributed by atoms with van der Waals surface area (Å²) < 4.78 is 38.9. The first-order chi connectivity index (χ1) is 14.3. The first kappa shape index (κ1) is 22.3. The molecule has 8 heteroatoms. The summed E-state index contributed by atoms with van der Waals surface area (Å²) in [5.74, 6) is 0.489. The zero-order valence-corrected chi connectivity index (χ0v) is 18.4. The van der Waals surface area contributed by atoms with Gasteiger partial charge in [0.15, 0.2) is 0 Å². The number of hydrogen-bond donors (Lipinski definition) is 1. The van der Waals surface area contributed by atoms with E-state index in [1.807, 2.05) is 24.3 Å². The van der Waals surface area contributed by atoms with Crippen molar-refractivity contribution in [2.45, 2.75) is 31.2 Å². The average molecular weight is 433 g/mol. The van der Waals surface area contributed by atoms with Crippen molar-refractivity contribution in [3.8, 4) is 5.75 Å². The fourth-order valence-electron chi connectivity index (χ4n) is 3.24. The maximum atomic E-state index is 12.9. The number of carbonyl (C=O) groups is 1. The molecule has 0 atom stereocenters. The van der Waals surface area contributed by atoms with Crippen LogP contribution in [0.4, 0.5) is 0 Å². The molecule has 0 bridgehead atoms. The van der Waals surface area contributed by atoms with Crippen molar-refractivity contribution in [1.82, 2.24) is 9.62 Å². The third-order valence-corrected chi connectivity index (χ3v) is 6.52. The molecule has 0 aromatic heterocycles. The average Bonchev–Trinajstić information content (AvgIpc) is 2.77. The number of benzene rings is 2. The van der Waals surface area contributed by atoms with Gasteiger partial charge in [-0.1, -0.05) is 38.1 Å². The molecule has 1 amide bonds. The van der Waals surface area contributed by atoms with Crippen LogP contribution in [-0.2, 0) is 21.3 Å². The van der Waals surface area contributed by atoms with Crippen LogP contribution >= 0.6 is 0 Å². The zero-order valence-electron chi connectivity index (χ0n) is 17.6. The third-order valence-electron chi connectivity index (χ3n) is 5.12. The summed E-state index contributed by atoms with van der Waals surface area (Å²) in [7, 11) is -2.34. The van der Waals surface area contributed by atoms with Crippen molar-refractivity contribution in [3.05, 3.63) is 59.2 Å². The van der Waals surface area contributed by atoms with Gasteiger partial charge in [-0.2, -0.15) is 0 Å². The SMILES string of the molecule is COc1ccc(S(=O)(=O)NCc2ccc(C(C)C)cc2)cc1C(=O)N1CCOCC1. The van der Waals surface area contributed by atoms with E-state index in [0.29, 0.717) is 38.0 Å². The second-order valence-corrected chi connectivity index (χ2v) is 9.25. The van der Waals surface area contributed by atoms with Crippen LogP contribution in [0.1, 0.15) is 41.3 Å². The zero-order chi connectivity index (χ0) is 21.7.